The number of amides is 2. The highest BCUT2D eigenvalue weighted by molar-refractivity contribution is 5.97. The first-order valence-corrected chi connectivity index (χ1v) is 17.2. The molecule has 0 unspecified atom stereocenters. The van der Waals surface area contributed by atoms with Gasteiger partial charge in [-0.25, -0.2) is 4.39 Å². The summed E-state index contributed by atoms with van der Waals surface area (Å²) in [6, 6.07) is 9.57. The van der Waals surface area contributed by atoms with Gasteiger partial charge < -0.3 is 31.3 Å². The maximum Gasteiger partial charge on any atom is 0.251 e. The lowest BCUT2D eigenvalue weighted by Gasteiger charge is -2.53. The number of carbonyl (C=O) groups excluding carboxylic acids is 2. The van der Waals surface area contributed by atoms with Gasteiger partial charge in [0.1, 0.15) is 11.9 Å². The fraction of sp³-hybridized carbons (Fsp3) is 0.622. The van der Waals surface area contributed by atoms with Crippen LogP contribution in [0.1, 0.15) is 57.0 Å². The van der Waals surface area contributed by atoms with Crippen molar-refractivity contribution in [2.75, 3.05) is 59.3 Å². The number of benzene rings is 2. The molecule has 0 bridgehead atoms. The first-order chi connectivity index (χ1) is 22.6. The molecule has 2 amide bonds. The summed E-state index contributed by atoms with van der Waals surface area (Å²) in [5, 5.41) is 18.3. The smallest absolute Gasteiger partial charge is 0.251 e. The number of nitrogens with zero attached hydrogens (tertiary/aromatic N) is 3. The van der Waals surface area contributed by atoms with Gasteiger partial charge in [-0.2, -0.15) is 5.06 Å². The van der Waals surface area contributed by atoms with Crippen molar-refractivity contribution >= 4 is 17.5 Å². The van der Waals surface area contributed by atoms with Crippen LogP contribution in [0.25, 0.3) is 11.1 Å². The predicted molar refractivity (Wildman–Crippen MR) is 189 cm³/mol. The maximum atomic E-state index is 16.4. The van der Waals surface area contributed by atoms with E-state index in [9.17, 15) is 14.7 Å². The van der Waals surface area contributed by atoms with Crippen molar-refractivity contribution < 1.29 is 23.9 Å². The molecule has 266 valence electrons. The average Bonchev–Trinajstić information content (AvgIpc) is 3.41. The molecule has 11 heteroatoms. The highest BCUT2D eigenvalue weighted by atomic mass is 19.1. The number of hydrogen-bond donors (Lipinski definition) is 4. The molecule has 2 aromatic carbocycles. The number of nitrogens with two attached hydrogens (primary N) is 1. The molecule has 48 heavy (non-hydrogen) atoms. The fourth-order valence-corrected chi connectivity index (χ4v) is 7.33. The molecule has 5 N–H and O–H groups in total. The standard InChI is InChI=1S/C37H57FN6O4/c1-22(30-15-23(2)37(30,4)5)20-41-36(47)34-32(24(3)45)31(19-39)48-44(34)21-25-11-10-12-29(33(25)38)26-16-27(18-28(17-26)43(8)9)35(46)40-13-14-42(6)7/h10-12,16-18,22-24,30-32,34,45H,13-15,19-21,39H2,1-9H3,(H,40,46)(H,41,47)/t22-,23-,24+,30-,31+,32-,34+/m1/s1. The number of halogens is 1. The van der Waals surface area contributed by atoms with E-state index in [2.05, 4.69) is 38.3 Å². The average molecular weight is 669 g/mol. The quantitative estimate of drug-likeness (QED) is 0.240. The molecule has 1 heterocycles. The maximum absolute atomic E-state index is 16.4. The van der Waals surface area contributed by atoms with Crippen LogP contribution in [0.15, 0.2) is 36.4 Å². The largest absolute Gasteiger partial charge is 0.393 e. The molecule has 10 nitrogen and oxygen atoms in total. The number of nitrogens with one attached hydrogen (secondary N) is 2. The molecule has 2 fully saturated rings. The minimum absolute atomic E-state index is 0.0363. The number of rotatable bonds is 14. The molecule has 1 aliphatic carbocycles. The zero-order valence-electron chi connectivity index (χ0n) is 30.2. The third-order valence-electron chi connectivity index (χ3n) is 10.8. The van der Waals surface area contributed by atoms with Gasteiger partial charge in [0.25, 0.3) is 5.91 Å². The van der Waals surface area contributed by atoms with E-state index in [1.54, 1.807) is 37.3 Å². The van der Waals surface area contributed by atoms with Crippen LogP contribution in [0.5, 0.6) is 0 Å². The van der Waals surface area contributed by atoms with E-state index in [-0.39, 0.29) is 36.2 Å². The van der Waals surface area contributed by atoms with E-state index in [1.165, 1.54) is 5.06 Å². The Balaban J connectivity index is 1.59. The first-order valence-electron chi connectivity index (χ1n) is 17.2. The molecule has 1 aliphatic heterocycles. The zero-order valence-corrected chi connectivity index (χ0v) is 30.2. The van der Waals surface area contributed by atoms with E-state index in [4.69, 9.17) is 10.6 Å². The number of aliphatic hydroxyl groups is 1. The summed E-state index contributed by atoms with van der Waals surface area (Å²) in [6.07, 6.45) is -0.360. The summed E-state index contributed by atoms with van der Waals surface area (Å²) in [5.74, 6) is -0.165. The molecule has 0 aromatic heterocycles. The van der Waals surface area contributed by atoms with Crippen LogP contribution in [-0.4, -0.2) is 99.5 Å². The zero-order chi connectivity index (χ0) is 35.5. The van der Waals surface area contributed by atoms with Gasteiger partial charge in [0, 0.05) is 68.6 Å². The minimum Gasteiger partial charge on any atom is -0.393 e. The number of anilines is 1. The molecular formula is C37H57FN6O4. The van der Waals surface area contributed by atoms with Crippen molar-refractivity contribution in [1.82, 2.24) is 20.6 Å². The molecule has 7 atom stereocenters. The van der Waals surface area contributed by atoms with Crippen molar-refractivity contribution in [2.45, 2.75) is 65.8 Å². The van der Waals surface area contributed by atoms with E-state index in [0.717, 1.165) is 12.1 Å². The van der Waals surface area contributed by atoms with Crippen LogP contribution < -0.4 is 21.3 Å². The Bertz CT molecular complexity index is 1430. The van der Waals surface area contributed by atoms with Crippen molar-refractivity contribution in [1.29, 1.82) is 0 Å². The number of aliphatic hydroxyl groups excluding tert-OH is 1. The van der Waals surface area contributed by atoms with Gasteiger partial charge in [0.15, 0.2) is 0 Å². The second kappa shape index (κ2) is 15.6. The van der Waals surface area contributed by atoms with Gasteiger partial charge in [-0.15, -0.1) is 0 Å². The van der Waals surface area contributed by atoms with Crippen molar-refractivity contribution in [3.8, 4) is 11.1 Å². The summed E-state index contributed by atoms with van der Waals surface area (Å²) in [4.78, 5) is 37.0. The molecule has 0 spiro atoms. The number of hydroxylamine groups is 2. The van der Waals surface area contributed by atoms with E-state index in [1.807, 2.05) is 44.1 Å². The Morgan fingerprint density at radius 3 is 2.44 bits per heavy atom. The summed E-state index contributed by atoms with van der Waals surface area (Å²) in [6.45, 7) is 12.4. The lowest BCUT2D eigenvalue weighted by Crippen LogP contribution is -2.52. The minimum atomic E-state index is -0.879. The van der Waals surface area contributed by atoms with Crippen LogP contribution in [-0.2, 0) is 16.2 Å². The molecule has 1 saturated carbocycles. The lowest BCUT2D eigenvalue weighted by atomic mass is 9.52. The van der Waals surface area contributed by atoms with E-state index in [0.29, 0.717) is 53.7 Å². The topological polar surface area (TPSA) is 123 Å². The lowest BCUT2D eigenvalue weighted by molar-refractivity contribution is -0.174. The Morgan fingerprint density at radius 1 is 1.15 bits per heavy atom. The first kappa shape index (κ1) is 37.7. The molecular weight excluding hydrogens is 611 g/mol. The third kappa shape index (κ3) is 8.19. The molecule has 2 aromatic rings. The summed E-state index contributed by atoms with van der Waals surface area (Å²) < 4.78 is 16.4. The summed E-state index contributed by atoms with van der Waals surface area (Å²) in [5.41, 5.74) is 8.65. The SMILES string of the molecule is C[C@H](O)[C@@H]1[C@H](CN)ON(Cc2cccc(-c3cc(C(=O)NCCN(C)C)cc(N(C)C)c3)c2F)[C@@H]1C(=O)NC[C@@H](C)[C@H]1C[C@@H](C)C1(C)C. The van der Waals surface area contributed by atoms with E-state index >= 15 is 4.39 Å². The number of carbonyl (C=O) groups is 2. The van der Waals surface area contributed by atoms with Gasteiger partial charge in [-0.05, 0) is 74.4 Å². The predicted octanol–water partition coefficient (Wildman–Crippen LogP) is 3.72. The van der Waals surface area contributed by atoms with Crippen LogP contribution in [0.3, 0.4) is 0 Å². The Kier molecular flexibility index (Phi) is 12.3. The van der Waals surface area contributed by atoms with Crippen molar-refractivity contribution in [3.63, 3.8) is 0 Å². The van der Waals surface area contributed by atoms with Gasteiger partial charge in [0.2, 0.25) is 5.91 Å². The van der Waals surface area contributed by atoms with Gasteiger partial charge in [-0.1, -0.05) is 45.9 Å². The van der Waals surface area contributed by atoms with Crippen molar-refractivity contribution in [2.24, 2.45) is 34.8 Å². The Morgan fingerprint density at radius 2 is 1.85 bits per heavy atom. The molecule has 0 radical (unpaired) electrons. The fourth-order valence-electron chi connectivity index (χ4n) is 7.33. The third-order valence-corrected chi connectivity index (χ3v) is 10.8. The van der Waals surface area contributed by atoms with Crippen LogP contribution in [0, 0.1) is 34.9 Å². The van der Waals surface area contributed by atoms with Gasteiger partial charge in [0.05, 0.1) is 18.8 Å². The monoisotopic (exact) mass is 668 g/mol. The molecule has 4 rings (SSSR count). The second-order valence-electron chi connectivity index (χ2n) is 15.0. The van der Waals surface area contributed by atoms with Crippen LogP contribution in [0.2, 0.25) is 0 Å². The summed E-state index contributed by atoms with van der Waals surface area (Å²) >= 11 is 0. The summed E-state index contributed by atoms with van der Waals surface area (Å²) in [7, 11) is 7.62. The number of hydrogen-bond acceptors (Lipinski definition) is 8. The highest BCUT2D eigenvalue weighted by Crippen LogP contribution is 2.54. The molecule has 1 saturated heterocycles. The van der Waals surface area contributed by atoms with E-state index < -0.39 is 30.0 Å². The van der Waals surface area contributed by atoms with Crippen LogP contribution in [0.4, 0.5) is 10.1 Å². The van der Waals surface area contributed by atoms with Crippen LogP contribution >= 0.6 is 0 Å². The molecule has 2 aliphatic rings. The Hall–Kier alpha value is -3.09. The second-order valence-corrected chi connectivity index (χ2v) is 15.0. The Labute approximate surface area is 286 Å². The normalized spacial score (nSPS) is 25.0. The van der Waals surface area contributed by atoms with Gasteiger partial charge in [-0.3, -0.25) is 14.4 Å². The highest BCUT2D eigenvalue weighted by Gasteiger charge is 2.50. The van der Waals surface area contributed by atoms with Crippen molar-refractivity contribution in [3.05, 3.63) is 53.3 Å². The number of likely N-dealkylation sites (N-methyl/N-ethyl adjacent to an activating group) is 1. The van der Waals surface area contributed by atoms with Gasteiger partial charge >= 0.3 is 0 Å².